The van der Waals surface area contributed by atoms with Crippen LogP contribution in [0.1, 0.15) is 11.4 Å². The minimum absolute atomic E-state index is 0.283. The molecule has 0 aliphatic heterocycles. The number of rotatable bonds is 1. The van der Waals surface area contributed by atoms with Gasteiger partial charge in [-0.1, -0.05) is 30.3 Å². The van der Waals surface area contributed by atoms with Crippen molar-refractivity contribution in [2.45, 2.75) is 6.18 Å². The highest BCUT2D eigenvalue weighted by Gasteiger charge is 2.35. The lowest BCUT2D eigenvalue weighted by Crippen LogP contribution is -2.10. The van der Waals surface area contributed by atoms with E-state index in [0.29, 0.717) is 11.8 Å². The van der Waals surface area contributed by atoms with Crippen LogP contribution in [-0.4, -0.2) is 9.97 Å². The van der Waals surface area contributed by atoms with Gasteiger partial charge in [-0.3, -0.25) is 0 Å². The molecule has 3 nitrogen and oxygen atoms in total. The third-order valence-electron chi connectivity index (χ3n) is 2.24. The Morgan fingerprint density at radius 2 is 1.78 bits per heavy atom. The molecule has 0 aliphatic carbocycles. The molecule has 90 valence electrons. The first-order valence-electron chi connectivity index (χ1n) is 4.92. The summed E-state index contributed by atoms with van der Waals surface area (Å²) in [5, 5.41) is 8.65. The van der Waals surface area contributed by atoms with E-state index in [4.69, 9.17) is 5.26 Å². The van der Waals surface area contributed by atoms with Crippen molar-refractivity contribution in [3.63, 3.8) is 0 Å². The molecule has 0 atom stereocenters. The SMILES string of the molecule is N#Cc1ncc(C(F)(F)F)c(-c2ccccc2)n1. The van der Waals surface area contributed by atoms with Crippen molar-refractivity contribution in [2.75, 3.05) is 0 Å². The number of nitriles is 1. The van der Waals surface area contributed by atoms with Crippen LogP contribution >= 0.6 is 0 Å². The molecule has 0 aliphatic rings. The summed E-state index contributed by atoms with van der Waals surface area (Å²) in [5.41, 5.74) is -0.939. The summed E-state index contributed by atoms with van der Waals surface area (Å²) in [4.78, 5) is 6.99. The quantitative estimate of drug-likeness (QED) is 0.780. The van der Waals surface area contributed by atoms with Crippen LogP contribution in [0.2, 0.25) is 0 Å². The number of aromatic nitrogens is 2. The third-order valence-corrected chi connectivity index (χ3v) is 2.24. The monoisotopic (exact) mass is 249 g/mol. The Morgan fingerprint density at radius 3 is 2.33 bits per heavy atom. The van der Waals surface area contributed by atoms with Gasteiger partial charge in [-0.2, -0.15) is 18.4 Å². The van der Waals surface area contributed by atoms with Crippen molar-refractivity contribution in [2.24, 2.45) is 0 Å². The number of nitrogens with zero attached hydrogens (tertiary/aromatic N) is 3. The molecule has 2 aromatic rings. The predicted molar refractivity (Wildman–Crippen MR) is 57.2 cm³/mol. The van der Waals surface area contributed by atoms with Gasteiger partial charge < -0.3 is 0 Å². The molecule has 0 amide bonds. The van der Waals surface area contributed by atoms with Crippen molar-refractivity contribution in [3.05, 3.63) is 47.9 Å². The summed E-state index contributed by atoms with van der Waals surface area (Å²) in [6.45, 7) is 0. The maximum Gasteiger partial charge on any atom is 0.419 e. The molecule has 0 saturated carbocycles. The summed E-state index contributed by atoms with van der Waals surface area (Å²) >= 11 is 0. The molecule has 18 heavy (non-hydrogen) atoms. The standard InChI is InChI=1S/C12H6F3N3/c13-12(14,15)9-7-17-10(6-16)18-11(9)8-4-2-1-3-5-8/h1-5,7H. The van der Waals surface area contributed by atoms with E-state index in [0.717, 1.165) is 0 Å². The first-order chi connectivity index (χ1) is 8.52. The highest BCUT2D eigenvalue weighted by atomic mass is 19.4. The molecule has 0 unspecified atom stereocenters. The third kappa shape index (κ3) is 2.30. The van der Waals surface area contributed by atoms with Crippen LogP contribution in [0.5, 0.6) is 0 Å². The molecule has 6 heteroatoms. The fourth-order valence-corrected chi connectivity index (χ4v) is 1.46. The number of hydrogen-bond donors (Lipinski definition) is 0. The van der Waals surface area contributed by atoms with Gasteiger partial charge in [0.15, 0.2) is 0 Å². The summed E-state index contributed by atoms with van der Waals surface area (Å²) in [7, 11) is 0. The smallest absolute Gasteiger partial charge is 0.227 e. The van der Waals surface area contributed by atoms with Crippen molar-refractivity contribution in [1.29, 1.82) is 5.26 Å². The maximum absolute atomic E-state index is 12.8. The normalized spacial score (nSPS) is 11.0. The highest BCUT2D eigenvalue weighted by molar-refractivity contribution is 5.63. The molecule has 0 N–H and O–H groups in total. The molecule has 0 spiro atoms. The van der Waals surface area contributed by atoms with Gasteiger partial charge >= 0.3 is 6.18 Å². The second kappa shape index (κ2) is 4.45. The van der Waals surface area contributed by atoms with E-state index < -0.39 is 11.7 Å². The summed E-state index contributed by atoms with van der Waals surface area (Å²) in [6.07, 6.45) is -3.92. The zero-order chi connectivity index (χ0) is 13.2. The van der Waals surface area contributed by atoms with Gasteiger partial charge in [0.1, 0.15) is 11.6 Å². The molecular weight excluding hydrogens is 243 g/mol. The molecule has 0 saturated heterocycles. The van der Waals surface area contributed by atoms with Gasteiger partial charge in [0.25, 0.3) is 0 Å². The van der Waals surface area contributed by atoms with E-state index in [-0.39, 0.29) is 11.5 Å². The molecule has 1 heterocycles. The Labute approximate surface area is 101 Å². The maximum atomic E-state index is 12.8. The fraction of sp³-hybridized carbons (Fsp3) is 0.0833. The van der Waals surface area contributed by atoms with Crippen molar-refractivity contribution < 1.29 is 13.2 Å². The van der Waals surface area contributed by atoms with Crippen LogP contribution < -0.4 is 0 Å². The van der Waals surface area contributed by atoms with Crippen LogP contribution in [0.15, 0.2) is 36.5 Å². The van der Waals surface area contributed by atoms with Crippen LogP contribution in [0.4, 0.5) is 13.2 Å². The van der Waals surface area contributed by atoms with Crippen LogP contribution in [0.25, 0.3) is 11.3 Å². The Balaban J connectivity index is 2.67. The lowest BCUT2D eigenvalue weighted by atomic mass is 10.1. The molecule has 0 radical (unpaired) electrons. The fourth-order valence-electron chi connectivity index (χ4n) is 1.46. The van der Waals surface area contributed by atoms with Crippen molar-refractivity contribution in [1.82, 2.24) is 9.97 Å². The van der Waals surface area contributed by atoms with E-state index >= 15 is 0 Å². The first-order valence-corrected chi connectivity index (χ1v) is 4.92. The lowest BCUT2D eigenvalue weighted by Gasteiger charge is -2.11. The largest absolute Gasteiger partial charge is 0.419 e. The van der Waals surface area contributed by atoms with E-state index in [1.165, 1.54) is 12.1 Å². The number of halogens is 3. The Morgan fingerprint density at radius 1 is 1.11 bits per heavy atom. The molecule has 2 rings (SSSR count). The minimum Gasteiger partial charge on any atom is -0.227 e. The summed E-state index contributed by atoms with van der Waals surface area (Å²) in [5.74, 6) is -0.290. The second-order valence-corrected chi connectivity index (χ2v) is 3.43. The van der Waals surface area contributed by atoms with E-state index in [9.17, 15) is 13.2 Å². The number of benzene rings is 1. The predicted octanol–water partition coefficient (Wildman–Crippen LogP) is 3.03. The Hall–Kier alpha value is -2.42. The Bertz CT molecular complexity index is 600. The van der Waals surface area contributed by atoms with Crippen LogP contribution in [0, 0.1) is 11.3 Å². The topological polar surface area (TPSA) is 49.6 Å². The van der Waals surface area contributed by atoms with Gasteiger partial charge in [-0.25, -0.2) is 9.97 Å². The van der Waals surface area contributed by atoms with Gasteiger partial charge in [-0.05, 0) is 0 Å². The van der Waals surface area contributed by atoms with Gasteiger partial charge in [0.05, 0.1) is 5.69 Å². The second-order valence-electron chi connectivity index (χ2n) is 3.43. The van der Waals surface area contributed by atoms with Crippen LogP contribution in [0.3, 0.4) is 0 Å². The average Bonchev–Trinajstić information content (AvgIpc) is 2.38. The molecule has 1 aromatic heterocycles. The average molecular weight is 249 g/mol. The van der Waals surface area contributed by atoms with E-state index in [2.05, 4.69) is 9.97 Å². The molecule has 0 bridgehead atoms. The van der Waals surface area contributed by atoms with E-state index in [1.807, 2.05) is 0 Å². The lowest BCUT2D eigenvalue weighted by molar-refractivity contribution is -0.137. The highest BCUT2D eigenvalue weighted by Crippen LogP contribution is 2.35. The number of hydrogen-bond acceptors (Lipinski definition) is 3. The number of alkyl halides is 3. The minimum atomic E-state index is -4.56. The van der Waals surface area contributed by atoms with Gasteiger partial charge in [-0.15, -0.1) is 0 Å². The first kappa shape index (κ1) is 12.0. The molecule has 0 fully saturated rings. The van der Waals surface area contributed by atoms with Gasteiger partial charge in [0.2, 0.25) is 5.82 Å². The molecular formula is C12H6F3N3. The Kier molecular flexibility index (Phi) is 2.98. The van der Waals surface area contributed by atoms with Crippen molar-refractivity contribution in [3.8, 4) is 17.3 Å². The summed E-state index contributed by atoms with van der Waals surface area (Å²) < 4.78 is 38.4. The van der Waals surface area contributed by atoms with E-state index in [1.54, 1.807) is 24.3 Å². The molecule has 1 aromatic carbocycles. The van der Waals surface area contributed by atoms with Crippen LogP contribution in [-0.2, 0) is 6.18 Å². The zero-order valence-electron chi connectivity index (χ0n) is 8.94. The summed E-state index contributed by atoms with van der Waals surface area (Å²) in [6, 6.07) is 9.51. The van der Waals surface area contributed by atoms with Gasteiger partial charge in [0, 0.05) is 11.8 Å². The zero-order valence-corrected chi connectivity index (χ0v) is 8.94. The van der Waals surface area contributed by atoms with Crippen molar-refractivity contribution >= 4 is 0 Å².